The third-order valence-corrected chi connectivity index (χ3v) is 3.63. The van der Waals surface area contributed by atoms with Crippen molar-refractivity contribution in [2.45, 2.75) is 32.7 Å². The first-order chi connectivity index (χ1) is 8.17. The predicted octanol–water partition coefficient (Wildman–Crippen LogP) is 3.15. The number of hydrogen-bond acceptors (Lipinski definition) is 2. The molecule has 1 fully saturated rings. The zero-order chi connectivity index (χ0) is 12.3. The number of benzene rings is 1. The van der Waals surface area contributed by atoms with Gasteiger partial charge >= 0.3 is 0 Å². The van der Waals surface area contributed by atoms with Gasteiger partial charge in [-0.2, -0.15) is 0 Å². The molecule has 0 atom stereocenters. The molecule has 0 aromatic heterocycles. The number of hydrogen-bond donors (Lipinski definition) is 1. The fourth-order valence-corrected chi connectivity index (χ4v) is 2.54. The maximum atomic E-state index is 13.1. The molecule has 2 rings (SSSR count). The zero-order valence-electron chi connectivity index (χ0n) is 10.3. The van der Waals surface area contributed by atoms with Gasteiger partial charge in [-0.25, -0.2) is 4.39 Å². The summed E-state index contributed by atoms with van der Waals surface area (Å²) in [6.45, 7) is 5.14. The van der Waals surface area contributed by atoms with Crippen LogP contribution < -0.4 is 0 Å². The van der Waals surface area contributed by atoms with Crippen LogP contribution in [0, 0.1) is 11.7 Å². The van der Waals surface area contributed by atoms with Gasteiger partial charge in [0.05, 0.1) is 0 Å². The van der Waals surface area contributed by atoms with Crippen LogP contribution in [0.4, 0.5) is 4.39 Å². The van der Waals surface area contributed by atoms with Crippen LogP contribution in [0.1, 0.15) is 31.7 Å². The van der Waals surface area contributed by atoms with Crippen molar-refractivity contribution < 1.29 is 9.50 Å². The number of rotatable bonds is 3. The van der Waals surface area contributed by atoms with E-state index in [1.165, 1.54) is 25.3 Å². The molecule has 94 valence electrons. The lowest BCUT2D eigenvalue weighted by atomic mass is 9.94. The predicted molar refractivity (Wildman–Crippen MR) is 66.4 cm³/mol. The Morgan fingerprint density at radius 1 is 1.29 bits per heavy atom. The molecule has 0 aliphatic carbocycles. The molecule has 17 heavy (non-hydrogen) atoms. The number of likely N-dealkylation sites (tertiary alicyclic amines) is 1. The van der Waals surface area contributed by atoms with Crippen LogP contribution in [0.2, 0.25) is 0 Å². The van der Waals surface area contributed by atoms with Gasteiger partial charge in [0.25, 0.3) is 0 Å². The monoisotopic (exact) mass is 237 g/mol. The van der Waals surface area contributed by atoms with Gasteiger partial charge in [0.15, 0.2) is 0 Å². The van der Waals surface area contributed by atoms with Gasteiger partial charge in [-0.05, 0) is 49.5 Å². The number of aromatic hydroxyl groups is 1. The lowest BCUT2D eigenvalue weighted by Gasteiger charge is -2.31. The molecule has 1 aromatic carbocycles. The standard InChI is InChI=1S/C14H20FNO/c1-2-11-3-5-16(6-4-11)10-12-7-13(15)9-14(17)8-12/h7-9,11,17H,2-6,10H2,1H3. The van der Waals surface area contributed by atoms with E-state index in [0.29, 0.717) is 0 Å². The van der Waals surface area contributed by atoms with E-state index < -0.39 is 0 Å². The third-order valence-electron chi connectivity index (χ3n) is 3.63. The van der Waals surface area contributed by atoms with Crippen LogP contribution in [0.5, 0.6) is 5.75 Å². The second-order valence-corrected chi connectivity index (χ2v) is 4.95. The van der Waals surface area contributed by atoms with Crippen molar-refractivity contribution in [3.63, 3.8) is 0 Å². The maximum Gasteiger partial charge on any atom is 0.127 e. The summed E-state index contributed by atoms with van der Waals surface area (Å²) >= 11 is 0. The van der Waals surface area contributed by atoms with Crippen molar-refractivity contribution in [1.29, 1.82) is 0 Å². The Morgan fingerprint density at radius 3 is 2.59 bits per heavy atom. The summed E-state index contributed by atoms with van der Waals surface area (Å²) in [7, 11) is 0. The van der Waals surface area contributed by atoms with E-state index in [2.05, 4.69) is 11.8 Å². The van der Waals surface area contributed by atoms with Crippen molar-refractivity contribution in [3.05, 3.63) is 29.6 Å². The molecular formula is C14H20FNO. The Kier molecular flexibility index (Phi) is 4.00. The molecule has 1 aliphatic heterocycles. The fourth-order valence-electron chi connectivity index (χ4n) is 2.54. The first-order valence-corrected chi connectivity index (χ1v) is 6.38. The SMILES string of the molecule is CCC1CCN(Cc2cc(O)cc(F)c2)CC1. The maximum absolute atomic E-state index is 13.1. The van der Waals surface area contributed by atoms with Gasteiger partial charge in [-0.3, -0.25) is 4.90 Å². The quantitative estimate of drug-likeness (QED) is 0.873. The Morgan fingerprint density at radius 2 is 2.00 bits per heavy atom. The van der Waals surface area contributed by atoms with Crippen molar-refractivity contribution in [1.82, 2.24) is 4.90 Å². The summed E-state index contributed by atoms with van der Waals surface area (Å²) in [5.41, 5.74) is 0.859. The van der Waals surface area contributed by atoms with E-state index in [4.69, 9.17) is 0 Å². The van der Waals surface area contributed by atoms with E-state index in [1.54, 1.807) is 6.07 Å². The van der Waals surface area contributed by atoms with Gasteiger partial charge in [-0.1, -0.05) is 13.3 Å². The van der Waals surface area contributed by atoms with Crippen LogP contribution >= 0.6 is 0 Å². The topological polar surface area (TPSA) is 23.5 Å². The largest absolute Gasteiger partial charge is 0.508 e. The second kappa shape index (κ2) is 5.50. The molecule has 3 heteroatoms. The van der Waals surface area contributed by atoms with Crippen LogP contribution in [0.15, 0.2) is 18.2 Å². The van der Waals surface area contributed by atoms with Crippen molar-refractivity contribution >= 4 is 0 Å². The molecule has 0 bridgehead atoms. The molecule has 1 heterocycles. The minimum absolute atomic E-state index is 0.0171. The van der Waals surface area contributed by atoms with Gasteiger partial charge in [0.1, 0.15) is 11.6 Å². The molecule has 0 radical (unpaired) electrons. The third kappa shape index (κ3) is 3.43. The van der Waals surface area contributed by atoms with Crippen molar-refractivity contribution in [2.75, 3.05) is 13.1 Å². The molecule has 2 nitrogen and oxygen atoms in total. The molecule has 1 aliphatic rings. The zero-order valence-corrected chi connectivity index (χ0v) is 10.3. The van der Waals surface area contributed by atoms with Crippen LogP contribution in [0.25, 0.3) is 0 Å². The second-order valence-electron chi connectivity index (χ2n) is 4.95. The molecule has 1 saturated heterocycles. The van der Waals surface area contributed by atoms with Crippen LogP contribution in [-0.4, -0.2) is 23.1 Å². The van der Waals surface area contributed by atoms with E-state index >= 15 is 0 Å². The molecule has 1 aromatic rings. The Bertz CT molecular complexity index is 352. The number of phenolic OH excluding ortho intramolecular Hbond substituents is 1. The molecule has 0 saturated carbocycles. The molecule has 1 N–H and O–H groups in total. The number of piperidine rings is 1. The van der Waals surface area contributed by atoms with E-state index in [1.807, 2.05) is 0 Å². The normalized spacial score (nSPS) is 18.5. The summed E-state index contributed by atoms with van der Waals surface area (Å²) in [4.78, 5) is 2.33. The van der Waals surface area contributed by atoms with Gasteiger partial charge in [0, 0.05) is 12.6 Å². The van der Waals surface area contributed by atoms with Gasteiger partial charge in [-0.15, -0.1) is 0 Å². The molecule has 0 amide bonds. The average Bonchev–Trinajstić information content (AvgIpc) is 2.28. The Labute approximate surface area is 102 Å². The summed E-state index contributed by atoms with van der Waals surface area (Å²) in [6, 6.07) is 4.30. The molecule has 0 unspecified atom stereocenters. The Balaban J connectivity index is 1.93. The highest BCUT2D eigenvalue weighted by Crippen LogP contribution is 2.22. The summed E-state index contributed by atoms with van der Waals surface area (Å²) in [5.74, 6) is 0.513. The number of halogens is 1. The van der Waals surface area contributed by atoms with Crippen LogP contribution in [-0.2, 0) is 6.54 Å². The summed E-state index contributed by atoms with van der Waals surface area (Å²) in [5, 5.41) is 9.34. The summed E-state index contributed by atoms with van der Waals surface area (Å²) < 4.78 is 13.1. The molecule has 0 spiro atoms. The highest BCUT2D eigenvalue weighted by atomic mass is 19.1. The number of nitrogens with zero attached hydrogens (tertiary/aromatic N) is 1. The van der Waals surface area contributed by atoms with Gasteiger partial charge < -0.3 is 5.11 Å². The average molecular weight is 237 g/mol. The first-order valence-electron chi connectivity index (χ1n) is 6.38. The lowest BCUT2D eigenvalue weighted by Crippen LogP contribution is -2.33. The summed E-state index contributed by atoms with van der Waals surface area (Å²) in [6.07, 6.45) is 3.73. The highest BCUT2D eigenvalue weighted by molar-refractivity contribution is 5.28. The van der Waals surface area contributed by atoms with Gasteiger partial charge in [0.2, 0.25) is 0 Å². The van der Waals surface area contributed by atoms with E-state index in [0.717, 1.165) is 37.2 Å². The molecular weight excluding hydrogens is 217 g/mol. The first kappa shape index (κ1) is 12.4. The van der Waals surface area contributed by atoms with Crippen molar-refractivity contribution in [2.24, 2.45) is 5.92 Å². The van der Waals surface area contributed by atoms with Crippen molar-refractivity contribution in [3.8, 4) is 5.75 Å². The van der Waals surface area contributed by atoms with E-state index in [-0.39, 0.29) is 11.6 Å². The smallest absolute Gasteiger partial charge is 0.127 e. The van der Waals surface area contributed by atoms with Crippen LogP contribution in [0.3, 0.4) is 0 Å². The fraction of sp³-hybridized carbons (Fsp3) is 0.571. The van der Waals surface area contributed by atoms with E-state index in [9.17, 15) is 9.50 Å². The lowest BCUT2D eigenvalue weighted by molar-refractivity contribution is 0.175. The Hall–Kier alpha value is -1.09. The minimum Gasteiger partial charge on any atom is -0.508 e. The highest BCUT2D eigenvalue weighted by Gasteiger charge is 2.17. The minimum atomic E-state index is -0.358. The number of phenols is 1.